The molecule has 0 saturated heterocycles. The number of nitrogens with zero attached hydrogens (tertiary/aromatic N) is 5. The average molecular weight is 441 g/mol. The predicted molar refractivity (Wildman–Crippen MR) is 116 cm³/mol. The van der Waals surface area contributed by atoms with Crippen LogP contribution in [0.25, 0.3) is 0 Å². The van der Waals surface area contributed by atoms with Gasteiger partial charge >= 0.3 is 0 Å². The Bertz CT molecular complexity index is 1060. The van der Waals surface area contributed by atoms with E-state index in [2.05, 4.69) is 38.6 Å². The number of ether oxygens (including phenoxy) is 1. The lowest BCUT2D eigenvalue weighted by molar-refractivity contribution is 0.206. The fourth-order valence-electron chi connectivity index (χ4n) is 3.74. The average Bonchev–Trinajstić information content (AvgIpc) is 3.44. The van der Waals surface area contributed by atoms with Crippen LogP contribution in [0.1, 0.15) is 42.7 Å². The number of nitrogens with one attached hydrogen (secondary N) is 1. The van der Waals surface area contributed by atoms with E-state index in [0.717, 1.165) is 30.0 Å². The summed E-state index contributed by atoms with van der Waals surface area (Å²) in [5.41, 5.74) is 1.06. The number of aliphatic hydroxyl groups is 1. The van der Waals surface area contributed by atoms with Crippen molar-refractivity contribution in [2.45, 2.75) is 51.4 Å². The van der Waals surface area contributed by atoms with Gasteiger partial charge in [0.05, 0.1) is 12.0 Å². The van der Waals surface area contributed by atoms with Crippen LogP contribution in [0.4, 0.5) is 0 Å². The van der Waals surface area contributed by atoms with E-state index >= 15 is 0 Å². The largest absolute Gasteiger partial charge is 0.489 e. The number of rotatable bonds is 9. The third-order valence-electron chi connectivity index (χ3n) is 5.41. The first-order chi connectivity index (χ1) is 15.1. The molecule has 4 rings (SSSR count). The van der Waals surface area contributed by atoms with Gasteiger partial charge in [0, 0.05) is 13.0 Å². The summed E-state index contributed by atoms with van der Waals surface area (Å²) in [6.07, 6.45) is 8.35. The Hall–Kier alpha value is -2.97. The fraction of sp³-hybridized carbons (Fsp3) is 0.364. The molecule has 0 saturated carbocycles. The summed E-state index contributed by atoms with van der Waals surface area (Å²) in [5, 5.41) is 24.7. The van der Waals surface area contributed by atoms with Crippen LogP contribution in [0.15, 0.2) is 54.3 Å². The van der Waals surface area contributed by atoms with Crippen LogP contribution in [0.3, 0.4) is 0 Å². The number of aryl methyl sites for hydroxylation is 1. The maximum absolute atomic E-state index is 9.63. The highest BCUT2D eigenvalue weighted by Crippen LogP contribution is 2.36. The Balaban J connectivity index is 1.58. The molecule has 1 aliphatic rings. The lowest BCUT2D eigenvalue weighted by Crippen LogP contribution is -2.33. The summed E-state index contributed by atoms with van der Waals surface area (Å²) < 4.78 is 7.92. The second-order valence-electron chi connectivity index (χ2n) is 7.58. The number of hydrogen-bond donors (Lipinski definition) is 2. The minimum Gasteiger partial charge on any atom is -0.489 e. The maximum Gasteiger partial charge on any atom is 0.160 e. The Kier molecular flexibility index (Phi) is 6.48. The van der Waals surface area contributed by atoms with Gasteiger partial charge in [-0.05, 0) is 41.0 Å². The van der Waals surface area contributed by atoms with Crippen molar-refractivity contribution < 1.29 is 9.84 Å². The minimum atomic E-state index is -0.539. The molecular weight excluding hydrogens is 416 g/mol. The summed E-state index contributed by atoms with van der Waals surface area (Å²) in [7, 11) is 0. The molecule has 9 heteroatoms. The van der Waals surface area contributed by atoms with E-state index in [1.54, 1.807) is 0 Å². The molecule has 0 amide bonds. The molecule has 31 heavy (non-hydrogen) atoms. The Morgan fingerprint density at radius 1 is 1.29 bits per heavy atom. The standard InChI is InChI=1S/C22H25ClN6O2/c1-2-6-19-24-18(13-30)20(23)29(19)15-22(21-25-27-28-26-21)11-9-17(10-12-22)31-14-16-7-4-3-5-8-16/h3-5,7-11,30H,2,6,12-15H2,1H3,(H,25,26,27,28). The topological polar surface area (TPSA) is 102 Å². The van der Waals surface area contributed by atoms with E-state index in [0.29, 0.717) is 36.2 Å². The van der Waals surface area contributed by atoms with Gasteiger partial charge in [-0.1, -0.05) is 54.9 Å². The van der Waals surface area contributed by atoms with Gasteiger partial charge in [-0.2, -0.15) is 0 Å². The third-order valence-corrected chi connectivity index (χ3v) is 5.84. The van der Waals surface area contributed by atoms with E-state index in [9.17, 15) is 5.11 Å². The molecule has 1 aliphatic carbocycles. The molecule has 1 atom stereocenters. The molecule has 2 N–H and O–H groups in total. The Morgan fingerprint density at radius 2 is 2.13 bits per heavy atom. The van der Waals surface area contributed by atoms with Gasteiger partial charge < -0.3 is 14.4 Å². The highest BCUT2D eigenvalue weighted by atomic mass is 35.5. The molecule has 2 aromatic heterocycles. The van der Waals surface area contributed by atoms with Crippen molar-refractivity contribution in [1.29, 1.82) is 0 Å². The number of aromatic amines is 1. The van der Waals surface area contributed by atoms with E-state index in [-0.39, 0.29) is 6.61 Å². The van der Waals surface area contributed by atoms with Crippen LogP contribution in [0, 0.1) is 0 Å². The molecule has 8 nitrogen and oxygen atoms in total. The summed E-state index contributed by atoms with van der Waals surface area (Å²) in [6.45, 7) is 2.87. The first-order valence-electron chi connectivity index (χ1n) is 10.3. The molecule has 0 aliphatic heterocycles. The van der Waals surface area contributed by atoms with Gasteiger partial charge in [-0.25, -0.2) is 10.1 Å². The molecule has 0 spiro atoms. The molecule has 0 fully saturated rings. The number of tetrazole rings is 1. The zero-order valence-corrected chi connectivity index (χ0v) is 18.1. The predicted octanol–water partition coefficient (Wildman–Crippen LogP) is 3.49. The van der Waals surface area contributed by atoms with Crippen molar-refractivity contribution in [2.75, 3.05) is 0 Å². The van der Waals surface area contributed by atoms with E-state index in [1.807, 2.05) is 47.1 Å². The van der Waals surface area contributed by atoms with Gasteiger partial charge in [0.1, 0.15) is 29.0 Å². The fourth-order valence-corrected chi connectivity index (χ4v) is 3.99. The summed E-state index contributed by atoms with van der Waals surface area (Å²) >= 11 is 6.57. The summed E-state index contributed by atoms with van der Waals surface area (Å²) in [6, 6.07) is 10.0. The highest BCUT2D eigenvalue weighted by Gasteiger charge is 2.36. The van der Waals surface area contributed by atoms with Gasteiger partial charge in [0.15, 0.2) is 5.82 Å². The van der Waals surface area contributed by atoms with Crippen LogP contribution >= 0.6 is 11.6 Å². The van der Waals surface area contributed by atoms with Crippen molar-refractivity contribution in [3.63, 3.8) is 0 Å². The molecule has 1 unspecified atom stereocenters. The van der Waals surface area contributed by atoms with Gasteiger partial charge in [0.25, 0.3) is 0 Å². The van der Waals surface area contributed by atoms with Crippen LogP contribution < -0.4 is 0 Å². The molecule has 0 radical (unpaired) electrons. The molecule has 162 valence electrons. The Labute approximate surface area is 185 Å². The quantitative estimate of drug-likeness (QED) is 0.528. The number of aliphatic hydroxyl groups excluding tert-OH is 1. The summed E-state index contributed by atoms with van der Waals surface area (Å²) in [5.74, 6) is 2.28. The normalized spacial score (nSPS) is 18.2. The zero-order valence-electron chi connectivity index (χ0n) is 17.3. The number of hydrogen-bond acceptors (Lipinski definition) is 6. The van der Waals surface area contributed by atoms with Crippen molar-refractivity contribution in [3.8, 4) is 0 Å². The highest BCUT2D eigenvalue weighted by molar-refractivity contribution is 6.30. The van der Waals surface area contributed by atoms with Gasteiger partial charge in [-0.15, -0.1) is 5.10 Å². The molecule has 0 bridgehead atoms. The van der Waals surface area contributed by atoms with E-state index < -0.39 is 5.41 Å². The SMILES string of the molecule is CCCc1nc(CO)c(Cl)n1CC1(c2nnn[nH]2)C=CC(OCc2ccccc2)=CC1. The van der Waals surface area contributed by atoms with Crippen molar-refractivity contribution in [2.24, 2.45) is 0 Å². The van der Waals surface area contributed by atoms with E-state index in [1.165, 1.54) is 0 Å². The summed E-state index contributed by atoms with van der Waals surface area (Å²) in [4.78, 5) is 4.53. The Morgan fingerprint density at radius 3 is 2.77 bits per heavy atom. The molecule has 3 aromatic rings. The number of benzene rings is 1. The second-order valence-corrected chi connectivity index (χ2v) is 7.94. The van der Waals surface area contributed by atoms with E-state index in [4.69, 9.17) is 16.3 Å². The number of imidazole rings is 1. The first kappa shape index (κ1) is 21.3. The van der Waals surface area contributed by atoms with Crippen LogP contribution in [0.5, 0.6) is 0 Å². The smallest absolute Gasteiger partial charge is 0.160 e. The molecular formula is C22H25ClN6O2. The minimum absolute atomic E-state index is 0.202. The van der Waals surface area contributed by atoms with Crippen LogP contribution in [-0.2, 0) is 36.3 Å². The molecule has 1 aromatic carbocycles. The van der Waals surface area contributed by atoms with Crippen molar-refractivity contribution >= 4 is 11.6 Å². The van der Waals surface area contributed by atoms with Crippen molar-refractivity contribution in [1.82, 2.24) is 30.2 Å². The van der Waals surface area contributed by atoms with Gasteiger partial charge in [-0.3, -0.25) is 0 Å². The number of H-pyrrole nitrogens is 1. The number of allylic oxidation sites excluding steroid dienone is 3. The van der Waals surface area contributed by atoms with Crippen LogP contribution in [0.2, 0.25) is 5.15 Å². The van der Waals surface area contributed by atoms with Crippen LogP contribution in [-0.4, -0.2) is 35.3 Å². The van der Waals surface area contributed by atoms with Crippen molar-refractivity contribution in [3.05, 3.63) is 82.4 Å². The lowest BCUT2D eigenvalue weighted by atomic mass is 9.80. The first-order valence-corrected chi connectivity index (χ1v) is 10.7. The third kappa shape index (κ3) is 4.55. The number of aromatic nitrogens is 6. The molecule has 2 heterocycles. The maximum atomic E-state index is 9.63. The number of halogens is 1. The lowest BCUT2D eigenvalue weighted by Gasteiger charge is -2.31. The monoisotopic (exact) mass is 440 g/mol. The van der Waals surface area contributed by atoms with Gasteiger partial charge in [0.2, 0.25) is 0 Å². The zero-order chi connectivity index (χ0) is 21.7. The second kappa shape index (κ2) is 9.45.